The molecule has 2 aliphatic heterocycles. The monoisotopic (exact) mass is 388 g/mol. The minimum atomic E-state index is -0.154. The first-order valence-electron chi connectivity index (χ1n) is 10.8. The van der Waals surface area contributed by atoms with Crippen LogP contribution in [-0.4, -0.2) is 57.3 Å². The fourth-order valence-corrected chi connectivity index (χ4v) is 5.06. The normalized spacial score (nSPS) is 22.7. The lowest BCUT2D eigenvalue weighted by atomic mass is 9.73. The van der Waals surface area contributed by atoms with Crippen LogP contribution in [-0.2, 0) is 11.3 Å². The molecule has 3 aliphatic rings. The van der Waals surface area contributed by atoms with E-state index in [1.165, 1.54) is 38.5 Å². The predicted octanol–water partition coefficient (Wildman–Crippen LogP) is 3.39. The minimum Gasteiger partial charge on any atom is -0.378 e. The summed E-state index contributed by atoms with van der Waals surface area (Å²) in [4.78, 5) is 8.94. The molecule has 3 fully saturated rings. The van der Waals surface area contributed by atoms with Crippen molar-refractivity contribution < 1.29 is 9.13 Å². The number of morpholine rings is 1. The van der Waals surface area contributed by atoms with Gasteiger partial charge in [0, 0.05) is 39.8 Å². The van der Waals surface area contributed by atoms with Gasteiger partial charge in [-0.25, -0.2) is 4.39 Å². The molecule has 5 nitrogen and oxygen atoms in total. The predicted molar refractivity (Wildman–Crippen MR) is 111 cm³/mol. The smallest absolute Gasteiger partial charge is 0.193 e. The fourth-order valence-electron chi connectivity index (χ4n) is 5.06. The van der Waals surface area contributed by atoms with Crippen molar-refractivity contribution in [3.05, 3.63) is 29.6 Å². The molecule has 1 aromatic rings. The molecular formula is C22H33FN4O. The van der Waals surface area contributed by atoms with Gasteiger partial charge in [0.1, 0.15) is 5.82 Å². The zero-order valence-electron chi connectivity index (χ0n) is 17.1. The molecule has 2 saturated heterocycles. The second kappa shape index (κ2) is 8.68. The third kappa shape index (κ3) is 4.27. The van der Waals surface area contributed by atoms with Gasteiger partial charge < -0.3 is 19.9 Å². The molecule has 1 spiro atoms. The Morgan fingerprint density at radius 1 is 1.14 bits per heavy atom. The van der Waals surface area contributed by atoms with Crippen molar-refractivity contribution in [1.82, 2.24) is 10.2 Å². The van der Waals surface area contributed by atoms with Gasteiger partial charge in [-0.05, 0) is 42.4 Å². The first-order valence-corrected chi connectivity index (χ1v) is 10.8. The third-order valence-electron chi connectivity index (χ3n) is 6.68. The molecule has 0 unspecified atom stereocenters. The summed E-state index contributed by atoms with van der Waals surface area (Å²) in [5.41, 5.74) is 2.12. The molecule has 1 saturated carbocycles. The van der Waals surface area contributed by atoms with E-state index in [0.29, 0.717) is 30.9 Å². The summed E-state index contributed by atoms with van der Waals surface area (Å²) in [7, 11) is 1.84. The molecule has 1 N–H and O–H groups in total. The third-order valence-corrected chi connectivity index (χ3v) is 6.68. The second-order valence-electron chi connectivity index (χ2n) is 8.52. The van der Waals surface area contributed by atoms with E-state index in [9.17, 15) is 4.39 Å². The maximum absolute atomic E-state index is 14.6. The van der Waals surface area contributed by atoms with E-state index < -0.39 is 0 Å². The summed E-state index contributed by atoms with van der Waals surface area (Å²) in [6.45, 7) is 5.60. The highest BCUT2D eigenvalue weighted by molar-refractivity contribution is 5.80. The van der Waals surface area contributed by atoms with Crippen LogP contribution >= 0.6 is 0 Å². The summed E-state index contributed by atoms with van der Waals surface area (Å²) < 4.78 is 20.0. The van der Waals surface area contributed by atoms with Crippen molar-refractivity contribution in [3.63, 3.8) is 0 Å². The molecule has 1 aromatic carbocycles. The van der Waals surface area contributed by atoms with Crippen molar-refractivity contribution >= 4 is 11.6 Å². The number of rotatable bonds is 3. The van der Waals surface area contributed by atoms with Crippen LogP contribution in [0.1, 0.15) is 44.1 Å². The number of hydrogen-bond acceptors (Lipinski definition) is 3. The average Bonchev–Trinajstić information content (AvgIpc) is 3.13. The number of anilines is 1. The molecule has 0 bridgehead atoms. The maximum atomic E-state index is 14.6. The average molecular weight is 389 g/mol. The lowest BCUT2D eigenvalue weighted by Gasteiger charge is -2.33. The fraction of sp³-hybridized carbons (Fsp3) is 0.682. The molecule has 0 amide bonds. The number of nitrogens with zero attached hydrogens (tertiary/aromatic N) is 3. The Morgan fingerprint density at radius 3 is 2.64 bits per heavy atom. The van der Waals surface area contributed by atoms with E-state index in [1.807, 2.05) is 19.2 Å². The van der Waals surface area contributed by atoms with E-state index in [2.05, 4.69) is 20.1 Å². The first kappa shape index (κ1) is 19.5. The SMILES string of the molecule is CN=C(NCc1ccc(N2CCOCC2)c(F)c1)N1CCC2(CCCCC2)C1. The van der Waals surface area contributed by atoms with E-state index in [-0.39, 0.29) is 5.82 Å². The molecule has 0 radical (unpaired) electrons. The lowest BCUT2D eigenvalue weighted by Crippen LogP contribution is -2.41. The molecule has 1 aliphatic carbocycles. The van der Waals surface area contributed by atoms with Crippen LogP contribution in [0.2, 0.25) is 0 Å². The zero-order valence-corrected chi connectivity index (χ0v) is 17.1. The lowest BCUT2D eigenvalue weighted by molar-refractivity contribution is 0.122. The Balaban J connectivity index is 1.34. The van der Waals surface area contributed by atoms with E-state index in [4.69, 9.17) is 4.74 Å². The van der Waals surface area contributed by atoms with Crippen molar-refractivity contribution in [2.75, 3.05) is 51.3 Å². The number of nitrogens with one attached hydrogen (secondary N) is 1. The van der Waals surface area contributed by atoms with Crippen LogP contribution < -0.4 is 10.2 Å². The van der Waals surface area contributed by atoms with Crippen LogP contribution in [0.25, 0.3) is 0 Å². The molecule has 4 rings (SSSR count). The number of halogens is 1. The van der Waals surface area contributed by atoms with Gasteiger partial charge in [0.15, 0.2) is 5.96 Å². The van der Waals surface area contributed by atoms with E-state index >= 15 is 0 Å². The number of likely N-dealkylation sites (tertiary alicyclic amines) is 1. The van der Waals surface area contributed by atoms with Gasteiger partial charge in [-0.3, -0.25) is 4.99 Å². The zero-order chi connectivity index (χ0) is 19.4. The minimum absolute atomic E-state index is 0.154. The van der Waals surface area contributed by atoms with E-state index in [0.717, 1.165) is 37.7 Å². The number of hydrogen-bond donors (Lipinski definition) is 1. The Morgan fingerprint density at radius 2 is 1.93 bits per heavy atom. The number of benzene rings is 1. The Bertz CT molecular complexity index is 696. The second-order valence-corrected chi connectivity index (χ2v) is 8.52. The van der Waals surface area contributed by atoms with Gasteiger partial charge in [0.25, 0.3) is 0 Å². The van der Waals surface area contributed by atoms with Crippen LogP contribution in [0.4, 0.5) is 10.1 Å². The highest BCUT2D eigenvalue weighted by atomic mass is 19.1. The van der Waals surface area contributed by atoms with Crippen LogP contribution in [0.5, 0.6) is 0 Å². The quantitative estimate of drug-likeness (QED) is 0.636. The topological polar surface area (TPSA) is 40.1 Å². The Labute approximate surface area is 167 Å². The van der Waals surface area contributed by atoms with Gasteiger partial charge in [-0.1, -0.05) is 25.3 Å². The van der Waals surface area contributed by atoms with Crippen LogP contribution in [0, 0.1) is 11.2 Å². The Hall–Kier alpha value is -1.82. The van der Waals surface area contributed by atoms with Gasteiger partial charge in [0.05, 0.1) is 18.9 Å². The summed E-state index contributed by atoms with van der Waals surface area (Å²) >= 11 is 0. The van der Waals surface area contributed by atoms with Crippen LogP contribution in [0.3, 0.4) is 0 Å². The number of guanidine groups is 1. The highest BCUT2D eigenvalue weighted by Crippen LogP contribution is 2.43. The molecule has 0 atom stereocenters. The van der Waals surface area contributed by atoms with Gasteiger partial charge in [-0.2, -0.15) is 0 Å². The highest BCUT2D eigenvalue weighted by Gasteiger charge is 2.39. The molecule has 0 aromatic heterocycles. The van der Waals surface area contributed by atoms with Crippen molar-refractivity contribution in [2.24, 2.45) is 10.4 Å². The van der Waals surface area contributed by atoms with E-state index in [1.54, 1.807) is 6.07 Å². The molecular weight excluding hydrogens is 355 g/mol. The molecule has 2 heterocycles. The number of aliphatic imine (C=N–C) groups is 1. The van der Waals surface area contributed by atoms with Gasteiger partial charge in [0.2, 0.25) is 0 Å². The maximum Gasteiger partial charge on any atom is 0.193 e. The molecule has 28 heavy (non-hydrogen) atoms. The summed E-state index contributed by atoms with van der Waals surface area (Å²) in [6, 6.07) is 5.56. The molecule has 154 valence electrons. The summed E-state index contributed by atoms with van der Waals surface area (Å²) in [5.74, 6) is 0.790. The summed E-state index contributed by atoms with van der Waals surface area (Å²) in [5, 5.41) is 3.45. The van der Waals surface area contributed by atoms with Crippen molar-refractivity contribution in [2.45, 2.75) is 45.1 Å². The van der Waals surface area contributed by atoms with Crippen LogP contribution in [0.15, 0.2) is 23.2 Å². The van der Waals surface area contributed by atoms with Gasteiger partial charge >= 0.3 is 0 Å². The standard InChI is InChI=1S/C22H33FN4O/c1-24-21(27-10-9-22(17-27)7-3-2-4-8-22)25-16-18-5-6-20(19(23)15-18)26-11-13-28-14-12-26/h5-6,15H,2-4,7-14,16-17H2,1H3,(H,24,25). The van der Waals surface area contributed by atoms with Crippen molar-refractivity contribution in [1.29, 1.82) is 0 Å². The van der Waals surface area contributed by atoms with Crippen molar-refractivity contribution in [3.8, 4) is 0 Å². The van der Waals surface area contributed by atoms with Gasteiger partial charge in [-0.15, -0.1) is 0 Å². The molecule has 6 heteroatoms. The Kier molecular flexibility index (Phi) is 6.04. The first-order chi connectivity index (χ1) is 13.7. The summed E-state index contributed by atoms with van der Waals surface area (Å²) in [6.07, 6.45) is 8.12. The largest absolute Gasteiger partial charge is 0.378 e. The number of ether oxygens (including phenoxy) is 1.